The highest BCUT2D eigenvalue weighted by Crippen LogP contribution is 2.40. The molecule has 2 aromatic rings. The molecule has 0 aromatic carbocycles. The predicted molar refractivity (Wildman–Crippen MR) is 125 cm³/mol. The van der Waals surface area contributed by atoms with Crippen LogP contribution in [-0.4, -0.2) is 61.0 Å². The number of anilines is 1. The fraction of sp³-hybridized carbons (Fsp3) is 0.609. The molecule has 0 radical (unpaired) electrons. The van der Waals surface area contributed by atoms with Crippen LogP contribution in [0.5, 0.6) is 0 Å². The van der Waals surface area contributed by atoms with E-state index >= 15 is 0 Å². The molecule has 1 saturated carbocycles. The molecule has 9 nitrogen and oxygen atoms in total. The van der Waals surface area contributed by atoms with Crippen LogP contribution in [0.15, 0.2) is 33.8 Å². The van der Waals surface area contributed by atoms with Crippen molar-refractivity contribution in [1.82, 2.24) is 19.8 Å². The third kappa shape index (κ3) is 5.38. The molecule has 0 spiro atoms. The van der Waals surface area contributed by atoms with Gasteiger partial charge in [-0.2, -0.15) is 4.31 Å². The van der Waals surface area contributed by atoms with Gasteiger partial charge in [-0.1, -0.05) is 19.0 Å². The van der Waals surface area contributed by atoms with Gasteiger partial charge in [0, 0.05) is 50.4 Å². The van der Waals surface area contributed by atoms with Gasteiger partial charge in [0.15, 0.2) is 5.69 Å². The Bertz CT molecular complexity index is 1080. The zero-order valence-electron chi connectivity index (χ0n) is 19.7. The van der Waals surface area contributed by atoms with Crippen LogP contribution in [-0.2, 0) is 10.0 Å². The monoisotopic (exact) mass is 475 g/mol. The third-order valence-corrected chi connectivity index (χ3v) is 8.25. The summed E-state index contributed by atoms with van der Waals surface area (Å²) in [7, 11) is -1.72. The molecular formula is C23H33N5O4S. The molecule has 33 heavy (non-hydrogen) atoms. The number of hydrogen-bond acceptors (Lipinski definition) is 7. The van der Waals surface area contributed by atoms with Gasteiger partial charge >= 0.3 is 0 Å². The smallest absolute Gasteiger partial charge is 0.273 e. The van der Waals surface area contributed by atoms with Gasteiger partial charge in [-0.15, -0.1) is 0 Å². The third-order valence-electron chi connectivity index (χ3n) is 6.25. The number of piperidine rings is 1. The molecule has 10 heteroatoms. The Morgan fingerprint density at radius 1 is 1.30 bits per heavy atom. The molecule has 2 atom stereocenters. The quantitative estimate of drug-likeness (QED) is 0.625. The first-order valence-electron chi connectivity index (χ1n) is 11.6. The van der Waals surface area contributed by atoms with E-state index in [9.17, 15) is 13.2 Å². The van der Waals surface area contributed by atoms with Crippen LogP contribution in [0.25, 0.3) is 0 Å². The maximum Gasteiger partial charge on any atom is 0.273 e. The van der Waals surface area contributed by atoms with Gasteiger partial charge in [0.2, 0.25) is 10.0 Å². The SMILES string of the molecule is CC(C)CN(C)c1ccc(S(=O)(=O)N2CC[C@@H](NC(=O)c3cc(C4CC4)on3)C[C@@H]2C)cn1. The number of carbonyl (C=O) groups is 1. The highest BCUT2D eigenvalue weighted by atomic mass is 32.2. The molecule has 0 bridgehead atoms. The predicted octanol–water partition coefficient (Wildman–Crippen LogP) is 3.01. The minimum atomic E-state index is -3.67. The summed E-state index contributed by atoms with van der Waals surface area (Å²) < 4.78 is 33.3. The van der Waals surface area contributed by atoms with E-state index in [-0.39, 0.29) is 28.6 Å². The number of amides is 1. The second kappa shape index (κ2) is 9.42. The molecule has 1 amide bonds. The average Bonchev–Trinajstić information content (AvgIpc) is 3.49. The first-order chi connectivity index (χ1) is 15.6. The number of nitrogens with one attached hydrogen (secondary N) is 1. The van der Waals surface area contributed by atoms with E-state index in [1.807, 2.05) is 18.9 Å². The Balaban J connectivity index is 1.36. The summed E-state index contributed by atoms with van der Waals surface area (Å²) in [5.74, 6) is 2.11. The standard InChI is InChI=1S/C23H33N5O4S/c1-15(2)14-27(4)22-8-7-19(13-24-22)33(30,31)28-10-9-18(11-16(28)3)25-23(29)20-12-21(32-26-20)17-5-6-17/h7-8,12-13,15-18H,5-6,9-11,14H2,1-4H3,(H,25,29)/t16-,18+/m0/s1. The summed E-state index contributed by atoms with van der Waals surface area (Å²) in [6.45, 7) is 7.29. The number of rotatable bonds is 8. The van der Waals surface area contributed by atoms with Crippen LogP contribution in [0.3, 0.4) is 0 Å². The molecule has 1 saturated heterocycles. The lowest BCUT2D eigenvalue weighted by Gasteiger charge is -2.36. The normalized spacial score (nSPS) is 21.8. The van der Waals surface area contributed by atoms with Gasteiger partial charge in [-0.25, -0.2) is 13.4 Å². The summed E-state index contributed by atoms with van der Waals surface area (Å²) in [5, 5.41) is 6.87. The minimum absolute atomic E-state index is 0.120. The number of pyridine rings is 1. The van der Waals surface area contributed by atoms with Crippen molar-refractivity contribution in [2.24, 2.45) is 5.92 Å². The van der Waals surface area contributed by atoms with E-state index in [4.69, 9.17) is 4.52 Å². The lowest BCUT2D eigenvalue weighted by Crippen LogP contribution is -2.50. The van der Waals surface area contributed by atoms with Crippen molar-refractivity contribution in [3.63, 3.8) is 0 Å². The lowest BCUT2D eigenvalue weighted by molar-refractivity contribution is 0.0905. The second-order valence-electron chi connectivity index (χ2n) is 9.67. The molecule has 1 aliphatic heterocycles. The van der Waals surface area contributed by atoms with Crippen molar-refractivity contribution in [3.05, 3.63) is 35.9 Å². The molecule has 1 aliphatic carbocycles. The highest BCUT2D eigenvalue weighted by molar-refractivity contribution is 7.89. The van der Waals surface area contributed by atoms with Gasteiger partial charge in [0.1, 0.15) is 16.5 Å². The van der Waals surface area contributed by atoms with Crippen molar-refractivity contribution in [3.8, 4) is 0 Å². The molecule has 4 rings (SSSR count). The van der Waals surface area contributed by atoms with Crippen LogP contribution in [0.4, 0.5) is 5.82 Å². The topological polar surface area (TPSA) is 109 Å². The van der Waals surface area contributed by atoms with Gasteiger partial charge < -0.3 is 14.7 Å². The highest BCUT2D eigenvalue weighted by Gasteiger charge is 2.36. The van der Waals surface area contributed by atoms with E-state index in [1.165, 1.54) is 10.5 Å². The molecule has 2 aromatic heterocycles. The number of sulfonamides is 1. The molecular weight excluding hydrogens is 442 g/mol. The van der Waals surface area contributed by atoms with E-state index in [1.54, 1.807) is 18.2 Å². The largest absolute Gasteiger partial charge is 0.360 e. The van der Waals surface area contributed by atoms with E-state index in [2.05, 4.69) is 29.3 Å². The maximum absolute atomic E-state index is 13.2. The van der Waals surface area contributed by atoms with Crippen LogP contribution in [0.1, 0.15) is 68.6 Å². The molecule has 2 fully saturated rings. The minimum Gasteiger partial charge on any atom is -0.360 e. The summed E-state index contributed by atoms with van der Waals surface area (Å²) in [4.78, 5) is 19.1. The Kier molecular flexibility index (Phi) is 6.76. The molecule has 2 aliphatic rings. The number of hydrogen-bond donors (Lipinski definition) is 1. The van der Waals surface area contributed by atoms with Crippen LogP contribution in [0.2, 0.25) is 0 Å². The van der Waals surface area contributed by atoms with Gasteiger partial charge in [-0.3, -0.25) is 4.79 Å². The summed E-state index contributed by atoms with van der Waals surface area (Å²) in [6, 6.07) is 4.71. The molecule has 1 N–H and O–H groups in total. The van der Waals surface area contributed by atoms with Crippen molar-refractivity contribution in [1.29, 1.82) is 0 Å². The van der Waals surface area contributed by atoms with Crippen LogP contribution >= 0.6 is 0 Å². The van der Waals surface area contributed by atoms with Crippen molar-refractivity contribution in [2.75, 3.05) is 25.0 Å². The van der Waals surface area contributed by atoms with Gasteiger partial charge in [-0.05, 0) is 50.7 Å². The zero-order chi connectivity index (χ0) is 23.8. The van der Waals surface area contributed by atoms with Crippen LogP contribution in [0, 0.1) is 5.92 Å². The Morgan fingerprint density at radius 3 is 2.67 bits per heavy atom. The number of nitrogens with zero attached hydrogens (tertiary/aromatic N) is 4. The Labute approximate surface area is 195 Å². The summed E-state index contributed by atoms with van der Waals surface area (Å²) >= 11 is 0. The van der Waals surface area contributed by atoms with E-state index < -0.39 is 10.0 Å². The van der Waals surface area contributed by atoms with Gasteiger partial charge in [0.25, 0.3) is 5.91 Å². The van der Waals surface area contributed by atoms with Crippen molar-refractivity contribution < 1.29 is 17.7 Å². The van der Waals surface area contributed by atoms with Crippen LogP contribution < -0.4 is 10.2 Å². The van der Waals surface area contributed by atoms with E-state index in [0.29, 0.717) is 31.2 Å². The number of aromatic nitrogens is 2. The number of carbonyl (C=O) groups excluding carboxylic acids is 1. The Morgan fingerprint density at radius 2 is 2.06 bits per heavy atom. The summed E-state index contributed by atoms with van der Waals surface area (Å²) in [6.07, 6.45) is 4.65. The maximum atomic E-state index is 13.2. The summed E-state index contributed by atoms with van der Waals surface area (Å²) in [5.41, 5.74) is 0.285. The molecule has 0 unspecified atom stereocenters. The second-order valence-corrected chi connectivity index (χ2v) is 11.6. The average molecular weight is 476 g/mol. The Hall–Kier alpha value is -2.46. The lowest BCUT2D eigenvalue weighted by atomic mass is 10.0. The zero-order valence-corrected chi connectivity index (χ0v) is 20.5. The van der Waals surface area contributed by atoms with Gasteiger partial charge in [0.05, 0.1) is 0 Å². The fourth-order valence-electron chi connectivity index (χ4n) is 4.38. The van der Waals surface area contributed by atoms with Crippen molar-refractivity contribution >= 4 is 21.7 Å². The van der Waals surface area contributed by atoms with Crippen molar-refractivity contribution in [2.45, 2.75) is 69.4 Å². The first kappa shape index (κ1) is 23.7. The fourth-order valence-corrected chi connectivity index (χ4v) is 5.98. The molecule has 180 valence electrons. The van der Waals surface area contributed by atoms with E-state index in [0.717, 1.165) is 31.0 Å². The first-order valence-corrected chi connectivity index (χ1v) is 13.1. The molecule has 3 heterocycles.